The van der Waals surface area contributed by atoms with E-state index in [4.69, 9.17) is 5.11 Å². The minimum Gasteiger partial charge on any atom is -0.478 e. The van der Waals surface area contributed by atoms with Crippen molar-refractivity contribution in [3.05, 3.63) is 40.5 Å². The number of rotatable bonds is 1. The van der Waals surface area contributed by atoms with Gasteiger partial charge in [-0.2, -0.15) is 0 Å². The van der Waals surface area contributed by atoms with Gasteiger partial charge in [0.15, 0.2) is 0 Å². The predicted octanol–water partition coefficient (Wildman–Crippen LogP) is 2.31. The van der Waals surface area contributed by atoms with Gasteiger partial charge in [0.2, 0.25) is 0 Å². The molecule has 1 aromatic heterocycles. The van der Waals surface area contributed by atoms with Crippen LogP contribution in [0.4, 0.5) is 0 Å². The van der Waals surface area contributed by atoms with E-state index in [1.807, 2.05) is 6.07 Å². The van der Waals surface area contributed by atoms with Crippen LogP contribution in [-0.4, -0.2) is 34.9 Å². The number of carboxylic acids is 1. The first-order valence-corrected chi connectivity index (χ1v) is 4.75. The molecule has 3 nitrogen and oxygen atoms in total. The van der Waals surface area contributed by atoms with Crippen molar-refractivity contribution >= 4 is 51.7 Å². The number of carboxylic acid groups (broad SMARTS) is 1. The topological polar surface area (TPSA) is 50.2 Å². The number of aromatic carboxylic acids is 1. The summed E-state index contributed by atoms with van der Waals surface area (Å²) < 4.78 is 0.840. The van der Waals surface area contributed by atoms with E-state index in [-0.39, 0.29) is 24.4 Å². The number of benzene rings is 1. The molecule has 1 N–H and O–H groups in total. The number of halogens is 1. The third-order valence-electron chi connectivity index (χ3n) is 1.89. The van der Waals surface area contributed by atoms with Gasteiger partial charge in [0.1, 0.15) is 0 Å². The van der Waals surface area contributed by atoms with Crippen LogP contribution in [0.25, 0.3) is 10.9 Å². The molecule has 1 aromatic carbocycles. The van der Waals surface area contributed by atoms with Crippen molar-refractivity contribution in [2.45, 2.75) is 0 Å². The van der Waals surface area contributed by atoms with E-state index in [0.29, 0.717) is 0 Å². The summed E-state index contributed by atoms with van der Waals surface area (Å²) in [5.74, 6) is -0.924. The predicted molar refractivity (Wildman–Crippen MR) is 62.2 cm³/mol. The second kappa shape index (κ2) is 4.80. The maximum Gasteiger partial charge on any atom is 0.335 e. The van der Waals surface area contributed by atoms with E-state index in [0.717, 1.165) is 15.4 Å². The van der Waals surface area contributed by atoms with Crippen LogP contribution in [0.5, 0.6) is 0 Å². The maximum atomic E-state index is 10.7. The van der Waals surface area contributed by atoms with E-state index in [1.54, 1.807) is 24.4 Å². The van der Waals surface area contributed by atoms with E-state index in [1.165, 1.54) is 0 Å². The van der Waals surface area contributed by atoms with Crippen LogP contribution < -0.4 is 0 Å². The largest absolute Gasteiger partial charge is 0.478 e. The molecule has 0 fully saturated rings. The molecule has 0 saturated carbocycles. The monoisotopic (exact) mass is 258 g/mol. The molecular formula is C10H6BrLiNO2. The number of hydrogen-bond donors (Lipinski definition) is 1. The molecule has 15 heavy (non-hydrogen) atoms. The fourth-order valence-electron chi connectivity index (χ4n) is 1.24. The molecule has 0 atom stereocenters. The van der Waals surface area contributed by atoms with Gasteiger partial charge in [-0.15, -0.1) is 0 Å². The Kier molecular flexibility index (Phi) is 3.92. The molecule has 5 heteroatoms. The standard InChI is InChI=1S/C10H6BrNO2.Li/c11-8-4-7-3-6(10(13)14)1-2-9(7)12-5-8;/h1-5H,(H,13,14);. The van der Waals surface area contributed by atoms with Crippen molar-refractivity contribution in [1.82, 2.24) is 4.98 Å². The Morgan fingerprint density at radius 3 is 2.73 bits per heavy atom. The van der Waals surface area contributed by atoms with E-state index in [2.05, 4.69) is 20.9 Å². The summed E-state index contributed by atoms with van der Waals surface area (Å²) in [6, 6.07) is 6.70. The van der Waals surface area contributed by atoms with Crippen LogP contribution in [0.3, 0.4) is 0 Å². The van der Waals surface area contributed by atoms with Crippen molar-refractivity contribution in [3.63, 3.8) is 0 Å². The van der Waals surface area contributed by atoms with Crippen LogP contribution in [0.2, 0.25) is 0 Å². The van der Waals surface area contributed by atoms with Gasteiger partial charge in [-0.05, 0) is 40.2 Å². The zero-order chi connectivity index (χ0) is 10.1. The van der Waals surface area contributed by atoms with Crippen molar-refractivity contribution in [2.75, 3.05) is 0 Å². The van der Waals surface area contributed by atoms with Crippen molar-refractivity contribution in [2.24, 2.45) is 0 Å². The molecule has 0 saturated heterocycles. The Hall–Kier alpha value is -0.823. The van der Waals surface area contributed by atoms with Crippen molar-refractivity contribution in [3.8, 4) is 0 Å². The van der Waals surface area contributed by atoms with Crippen LogP contribution in [0.15, 0.2) is 34.9 Å². The summed E-state index contributed by atoms with van der Waals surface area (Å²) in [7, 11) is 0. The number of fused-ring (bicyclic) bond motifs is 1. The van der Waals surface area contributed by atoms with Crippen molar-refractivity contribution in [1.29, 1.82) is 0 Å². The first-order valence-electron chi connectivity index (χ1n) is 3.95. The number of aromatic nitrogens is 1. The summed E-state index contributed by atoms with van der Waals surface area (Å²) >= 11 is 3.28. The number of pyridine rings is 1. The molecule has 0 aliphatic heterocycles. The van der Waals surface area contributed by atoms with E-state index in [9.17, 15) is 4.79 Å². The normalized spacial score (nSPS) is 9.67. The van der Waals surface area contributed by atoms with Crippen LogP contribution in [0.1, 0.15) is 10.4 Å². The Balaban J connectivity index is 0.00000112. The molecule has 2 rings (SSSR count). The molecule has 0 aliphatic rings. The third kappa shape index (κ3) is 2.60. The zero-order valence-electron chi connectivity index (χ0n) is 8.07. The van der Waals surface area contributed by atoms with Gasteiger partial charge in [-0.3, -0.25) is 4.98 Å². The second-order valence-corrected chi connectivity index (χ2v) is 3.78. The maximum absolute atomic E-state index is 10.7. The third-order valence-corrected chi connectivity index (χ3v) is 2.33. The number of carbonyl (C=O) groups is 1. The fourth-order valence-corrected chi connectivity index (χ4v) is 1.59. The van der Waals surface area contributed by atoms with Gasteiger partial charge in [0.25, 0.3) is 0 Å². The molecule has 0 unspecified atom stereocenters. The minimum atomic E-state index is -0.924. The molecule has 1 radical (unpaired) electrons. The van der Waals surface area contributed by atoms with Gasteiger partial charge in [-0.1, -0.05) is 0 Å². The molecule has 2 aromatic rings. The van der Waals surface area contributed by atoms with Crippen LogP contribution >= 0.6 is 15.9 Å². The molecule has 0 aliphatic carbocycles. The summed E-state index contributed by atoms with van der Waals surface area (Å²) in [4.78, 5) is 14.8. The summed E-state index contributed by atoms with van der Waals surface area (Å²) in [5.41, 5.74) is 1.07. The molecule has 0 amide bonds. The first kappa shape index (κ1) is 12.2. The van der Waals surface area contributed by atoms with Gasteiger partial charge >= 0.3 is 5.97 Å². The Morgan fingerprint density at radius 2 is 2.07 bits per heavy atom. The molecule has 0 spiro atoms. The summed E-state index contributed by atoms with van der Waals surface area (Å²) in [5, 5.41) is 9.60. The first-order chi connectivity index (χ1) is 6.66. The van der Waals surface area contributed by atoms with Crippen LogP contribution in [0, 0.1) is 0 Å². The molecule has 0 bridgehead atoms. The number of nitrogens with zero attached hydrogens (tertiary/aromatic N) is 1. The zero-order valence-corrected chi connectivity index (χ0v) is 9.65. The molecular weight excluding hydrogens is 253 g/mol. The number of hydrogen-bond acceptors (Lipinski definition) is 2. The summed E-state index contributed by atoms with van der Waals surface area (Å²) in [6.45, 7) is 0. The van der Waals surface area contributed by atoms with E-state index >= 15 is 0 Å². The quantitative estimate of drug-likeness (QED) is 0.799. The van der Waals surface area contributed by atoms with Gasteiger partial charge in [-0.25, -0.2) is 4.79 Å². The van der Waals surface area contributed by atoms with Gasteiger partial charge < -0.3 is 5.11 Å². The average molecular weight is 259 g/mol. The smallest absolute Gasteiger partial charge is 0.335 e. The summed E-state index contributed by atoms with van der Waals surface area (Å²) in [6.07, 6.45) is 1.68. The Bertz CT molecular complexity index is 516. The van der Waals surface area contributed by atoms with Crippen LogP contribution in [-0.2, 0) is 0 Å². The SMILES string of the molecule is O=C(O)c1ccc2ncc(Br)cc2c1.[Li]. The van der Waals surface area contributed by atoms with Gasteiger partial charge in [0, 0.05) is 34.9 Å². The Labute approximate surface area is 107 Å². The molecule has 71 valence electrons. The minimum absolute atomic E-state index is 0. The van der Waals surface area contributed by atoms with E-state index < -0.39 is 5.97 Å². The van der Waals surface area contributed by atoms with Crippen molar-refractivity contribution < 1.29 is 9.90 Å². The Morgan fingerprint density at radius 1 is 1.33 bits per heavy atom. The average Bonchev–Trinajstić information content (AvgIpc) is 2.16. The fraction of sp³-hybridized carbons (Fsp3) is 0. The second-order valence-electron chi connectivity index (χ2n) is 2.87. The molecule has 1 heterocycles. The van der Waals surface area contributed by atoms with Gasteiger partial charge in [0.05, 0.1) is 11.1 Å².